The van der Waals surface area contributed by atoms with Gasteiger partial charge < -0.3 is 5.73 Å². The van der Waals surface area contributed by atoms with Crippen molar-refractivity contribution >= 4 is 0 Å². The Hall–Kier alpha value is -0.0400. The van der Waals surface area contributed by atoms with Crippen LogP contribution in [-0.4, -0.2) is 6.54 Å². The Kier molecular flexibility index (Phi) is 3.13. The Bertz CT molecular complexity index is 99.8. The molecule has 0 bridgehead atoms. The van der Waals surface area contributed by atoms with Crippen LogP contribution in [-0.2, 0) is 0 Å². The van der Waals surface area contributed by atoms with E-state index in [4.69, 9.17) is 5.73 Å². The largest absolute Gasteiger partial charge is 0.330 e. The molecule has 0 radical (unpaired) electrons. The molecule has 11 heavy (non-hydrogen) atoms. The van der Waals surface area contributed by atoms with Crippen LogP contribution in [0.5, 0.6) is 0 Å². The highest BCUT2D eigenvalue weighted by Crippen LogP contribution is 2.38. The van der Waals surface area contributed by atoms with E-state index in [2.05, 4.69) is 41.5 Å². The van der Waals surface area contributed by atoms with Crippen molar-refractivity contribution < 1.29 is 0 Å². The maximum absolute atomic E-state index is 5.75. The minimum absolute atomic E-state index is 0.326. The molecule has 0 aliphatic heterocycles. The average Bonchev–Trinajstić information content (AvgIpc) is 1.56. The monoisotopic (exact) mass is 157 g/mol. The molecule has 0 atom stereocenters. The van der Waals surface area contributed by atoms with Crippen molar-refractivity contribution in [1.29, 1.82) is 0 Å². The summed E-state index contributed by atoms with van der Waals surface area (Å²) >= 11 is 0. The molecule has 0 fully saturated rings. The lowest BCUT2D eigenvalue weighted by atomic mass is 9.67. The van der Waals surface area contributed by atoms with Crippen molar-refractivity contribution in [2.45, 2.75) is 41.5 Å². The van der Waals surface area contributed by atoms with Gasteiger partial charge in [-0.1, -0.05) is 41.5 Å². The van der Waals surface area contributed by atoms with Crippen LogP contribution in [0, 0.1) is 16.7 Å². The van der Waals surface area contributed by atoms with E-state index in [-0.39, 0.29) is 0 Å². The topological polar surface area (TPSA) is 26.0 Å². The lowest BCUT2D eigenvalue weighted by Crippen LogP contribution is -2.38. The lowest BCUT2D eigenvalue weighted by molar-refractivity contribution is 0.110. The molecule has 0 spiro atoms. The first-order valence-electron chi connectivity index (χ1n) is 4.39. The Morgan fingerprint density at radius 3 is 1.18 bits per heavy atom. The van der Waals surface area contributed by atoms with Gasteiger partial charge in [0.15, 0.2) is 0 Å². The summed E-state index contributed by atoms with van der Waals surface area (Å²) in [6, 6.07) is 0. The van der Waals surface area contributed by atoms with E-state index < -0.39 is 0 Å². The second-order valence-electron chi connectivity index (χ2n) is 5.52. The zero-order valence-corrected chi connectivity index (χ0v) is 8.86. The molecule has 0 amide bonds. The van der Waals surface area contributed by atoms with Crippen LogP contribution in [0.2, 0.25) is 0 Å². The summed E-state index contributed by atoms with van der Waals surface area (Å²) in [5.74, 6) is 0.593. The minimum atomic E-state index is 0.326. The quantitative estimate of drug-likeness (QED) is 0.622. The first kappa shape index (κ1) is 11.0. The standard InChI is InChI=1S/C10H23N/c1-9(2,3)8(7-11)10(4,5)6/h8H,7,11H2,1-6H3. The third-order valence-electron chi connectivity index (χ3n) is 2.33. The third kappa shape index (κ3) is 3.24. The van der Waals surface area contributed by atoms with Gasteiger partial charge in [-0.2, -0.15) is 0 Å². The fraction of sp³-hybridized carbons (Fsp3) is 1.00. The van der Waals surface area contributed by atoms with Crippen LogP contribution in [0.25, 0.3) is 0 Å². The number of rotatable bonds is 1. The van der Waals surface area contributed by atoms with E-state index >= 15 is 0 Å². The van der Waals surface area contributed by atoms with Gasteiger partial charge in [-0.15, -0.1) is 0 Å². The fourth-order valence-electron chi connectivity index (χ4n) is 2.01. The highest BCUT2D eigenvalue weighted by atomic mass is 14.6. The fourth-order valence-corrected chi connectivity index (χ4v) is 2.01. The second kappa shape index (κ2) is 3.14. The van der Waals surface area contributed by atoms with E-state index in [9.17, 15) is 0 Å². The van der Waals surface area contributed by atoms with Crippen LogP contribution in [0.1, 0.15) is 41.5 Å². The van der Waals surface area contributed by atoms with Crippen LogP contribution in [0.15, 0.2) is 0 Å². The maximum atomic E-state index is 5.75. The van der Waals surface area contributed by atoms with Crippen LogP contribution in [0.4, 0.5) is 0 Å². The molecule has 1 nitrogen and oxygen atoms in total. The smallest absolute Gasteiger partial charge is 0.00389 e. The number of hydrogen-bond acceptors (Lipinski definition) is 1. The molecular formula is C10H23N. The van der Waals surface area contributed by atoms with Gasteiger partial charge >= 0.3 is 0 Å². The summed E-state index contributed by atoms with van der Waals surface area (Å²) in [4.78, 5) is 0. The molecule has 0 saturated heterocycles. The molecule has 68 valence electrons. The molecule has 0 aromatic rings. The summed E-state index contributed by atoms with van der Waals surface area (Å²) in [7, 11) is 0. The normalized spacial score (nSPS) is 14.2. The van der Waals surface area contributed by atoms with E-state index in [0.717, 1.165) is 6.54 Å². The maximum Gasteiger partial charge on any atom is -0.00389 e. The predicted molar refractivity (Wildman–Crippen MR) is 51.5 cm³/mol. The van der Waals surface area contributed by atoms with Crippen molar-refractivity contribution in [2.24, 2.45) is 22.5 Å². The Labute approximate surface area is 71.4 Å². The molecule has 1 heteroatoms. The molecule has 2 N–H and O–H groups in total. The summed E-state index contributed by atoms with van der Waals surface area (Å²) in [6.07, 6.45) is 0. The summed E-state index contributed by atoms with van der Waals surface area (Å²) in [5.41, 5.74) is 6.40. The highest BCUT2D eigenvalue weighted by molar-refractivity contribution is 4.84. The van der Waals surface area contributed by atoms with Crippen LogP contribution < -0.4 is 5.73 Å². The van der Waals surface area contributed by atoms with Gasteiger partial charge in [0.25, 0.3) is 0 Å². The van der Waals surface area contributed by atoms with Crippen LogP contribution >= 0.6 is 0 Å². The van der Waals surface area contributed by atoms with Gasteiger partial charge in [-0.05, 0) is 23.3 Å². The second-order valence-corrected chi connectivity index (χ2v) is 5.52. The van der Waals surface area contributed by atoms with Crippen molar-refractivity contribution in [3.8, 4) is 0 Å². The van der Waals surface area contributed by atoms with Crippen molar-refractivity contribution in [3.05, 3.63) is 0 Å². The minimum Gasteiger partial charge on any atom is -0.330 e. The van der Waals surface area contributed by atoms with Gasteiger partial charge in [-0.3, -0.25) is 0 Å². The number of hydrogen-bond donors (Lipinski definition) is 1. The molecule has 0 aliphatic rings. The summed E-state index contributed by atoms with van der Waals surface area (Å²) < 4.78 is 0. The molecule has 0 aliphatic carbocycles. The predicted octanol–water partition coefficient (Wildman–Crippen LogP) is 2.65. The summed E-state index contributed by atoms with van der Waals surface area (Å²) in [6.45, 7) is 14.3. The first-order valence-corrected chi connectivity index (χ1v) is 4.39. The SMILES string of the molecule is CC(C)(C)C(CN)C(C)(C)C. The van der Waals surface area contributed by atoms with Gasteiger partial charge in [0.05, 0.1) is 0 Å². The molecule has 0 aromatic heterocycles. The molecule has 0 heterocycles. The Morgan fingerprint density at radius 2 is 1.18 bits per heavy atom. The first-order chi connectivity index (χ1) is 4.69. The molecule has 0 saturated carbocycles. The molecule has 0 unspecified atom stereocenters. The van der Waals surface area contributed by atoms with Gasteiger partial charge in [-0.25, -0.2) is 0 Å². The average molecular weight is 157 g/mol. The zero-order valence-electron chi connectivity index (χ0n) is 8.86. The molecular weight excluding hydrogens is 134 g/mol. The Morgan fingerprint density at radius 1 is 0.909 bits per heavy atom. The van der Waals surface area contributed by atoms with Gasteiger partial charge in [0, 0.05) is 0 Å². The summed E-state index contributed by atoms with van der Waals surface area (Å²) in [5, 5.41) is 0. The van der Waals surface area contributed by atoms with Gasteiger partial charge in [0.1, 0.15) is 0 Å². The van der Waals surface area contributed by atoms with Crippen molar-refractivity contribution in [1.82, 2.24) is 0 Å². The lowest BCUT2D eigenvalue weighted by Gasteiger charge is -2.39. The molecule has 0 aromatic carbocycles. The van der Waals surface area contributed by atoms with Crippen molar-refractivity contribution in [3.63, 3.8) is 0 Å². The highest BCUT2D eigenvalue weighted by Gasteiger charge is 2.33. The van der Waals surface area contributed by atoms with Crippen LogP contribution in [0.3, 0.4) is 0 Å². The van der Waals surface area contributed by atoms with E-state index in [1.54, 1.807) is 0 Å². The van der Waals surface area contributed by atoms with Gasteiger partial charge in [0.2, 0.25) is 0 Å². The molecule has 0 rings (SSSR count). The van der Waals surface area contributed by atoms with E-state index in [1.165, 1.54) is 0 Å². The number of nitrogens with two attached hydrogens (primary N) is 1. The van der Waals surface area contributed by atoms with Crippen molar-refractivity contribution in [2.75, 3.05) is 6.54 Å². The zero-order chi connectivity index (χ0) is 9.28. The van der Waals surface area contributed by atoms with E-state index in [1.807, 2.05) is 0 Å². The Balaban J connectivity index is 4.43. The van der Waals surface area contributed by atoms with E-state index in [0.29, 0.717) is 16.7 Å². The third-order valence-corrected chi connectivity index (χ3v) is 2.33.